The molecular weight excluding hydrogens is 560 g/mol. The molecule has 0 unspecified atom stereocenters. The maximum atomic E-state index is 13.5. The van der Waals surface area contributed by atoms with Gasteiger partial charge < -0.3 is 4.74 Å². The first-order valence-corrected chi connectivity index (χ1v) is 17.7. The second-order valence-electron chi connectivity index (χ2n) is 10.9. The maximum Gasteiger partial charge on any atom is 0.340 e. The molecule has 0 N–H and O–H groups in total. The molecule has 0 radical (unpaired) electrons. The Morgan fingerprint density at radius 1 is 0.707 bits per heavy atom. The fraction of sp³-hybridized carbons (Fsp3) is 0.750. The first-order valence-electron chi connectivity index (χ1n) is 15.9. The molecular formula is C32H55ClN2O5S. The lowest BCUT2D eigenvalue weighted by atomic mass is 10.0. The lowest BCUT2D eigenvalue weighted by Crippen LogP contribution is -2.49. The Hall–Kier alpha value is -1.64. The number of carbonyl (C=O) groups excluding carboxylic acids is 2. The van der Waals surface area contributed by atoms with E-state index in [0.29, 0.717) is 30.9 Å². The number of ether oxygens (including phenoxy) is 1. The predicted octanol–water partition coefficient (Wildman–Crippen LogP) is 8.99. The van der Waals surface area contributed by atoms with Crippen LogP contribution in [0.4, 0.5) is 4.79 Å². The molecule has 0 heterocycles. The Morgan fingerprint density at radius 3 is 1.66 bits per heavy atom. The minimum absolute atomic E-state index is 0.0426. The topological polar surface area (TPSA) is 84.0 Å². The number of nitrogens with zero attached hydrogens (tertiary/aromatic N) is 2. The van der Waals surface area contributed by atoms with Gasteiger partial charge in [0.2, 0.25) is 5.91 Å². The molecule has 0 saturated carbocycles. The highest BCUT2D eigenvalue weighted by molar-refractivity contribution is 7.89. The third-order valence-corrected chi connectivity index (χ3v) is 9.34. The quantitative estimate of drug-likeness (QED) is 0.108. The van der Waals surface area contributed by atoms with E-state index in [9.17, 15) is 18.0 Å². The van der Waals surface area contributed by atoms with E-state index in [1.165, 1.54) is 102 Å². The number of sulfonamides is 1. The van der Waals surface area contributed by atoms with Crippen molar-refractivity contribution in [3.05, 3.63) is 29.3 Å². The molecule has 7 nitrogen and oxygen atoms in total. The van der Waals surface area contributed by atoms with E-state index in [1.807, 2.05) is 6.92 Å². The van der Waals surface area contributed by atoms with Crippen molar-refractivity contribution in [2.45, 2.75) is 134 Å². The van der Waals surface area contributed by atoms with Crippen molar-refractivity contribution in [1.29, 1.82) is 0 Å². The molecule has 0 fully saturated rings. The van der Waals surface area contributed by atoms with Crippen molar-refractivity contribution in [3.8, 4) is 0 Å². The largest absolute Gasteiger partial charge is 0.385 e. The van der Waals surface area contributed by atoms with Crippen LogP contribution in [0.15, 0.2) is 29.2 Å². The van der Waals surface area contributed by atoms with Crippen LogP contribution in [-0.2, 0) is 19.6 Å². The van der Waals surface area contributed by atoms with Crippen LogP contribution in [0.1, 0.15) is 129 Å². The zero-order valence-electron chi connectivity index (χ0n) is 25.9. The van der Waals surface area contributed by atoms with Gasteiger partial charge in [-0.15, -0.1) is 0 Å². The van der Waals surface area contributed by atoms with Gasteiger partial charge >= 0.3 is 6.03 Å². The summed E-state index contributed by atoms with van der Waals surface area (Å²) in [6.07, 6.45) is 19.6. The minimum Gasteiger partial charge on any atom is -0.385 e. The third kappa shape index (κ3) is 15.4. The zero-order valence-corrected chi connectivity index (χ0v) is 27.5. The summed E-state index contributed by atoms with van der Waals surface area (Å²) in [4.78, 5) is 27.7. The maximum absolute atomic E-state index is 13.5. The number of carbonyl (C=O) groups is 2. The molecule has 0 aromatic heterocycles. The number of rotatable bonds is 24. The summed E-state index contributed by atoms with van der Waals surface area (Å²) in [6, 6.07) is 4.88. The first-order chi connectivity index (χ1) is 19.8. The van der Waals surface area contributed by atoms with Crippen molar-refractivity contribution >= 4 is 33.6 Å². The average molecular weight is 615 g/mol. The Kier molecular flexibility index (Phi) is 20.9. The lowest BCUT2D eigenvalue weighted by Gasteiger charge is -2.29. The van der Waals surface area contributed by atoms with E-state index in [4.69, 9.17) is 16.3 Å². The van der Waals surface area contributed by atoms with Crippen molar-refractivity contribution < 1.29 is 22.7 Å². The number of hydrogen-bond donors (Lipinski definition) is 0. The second kappa shape index (κ2) is 22.9. The third-order valence-electron chi connectivity index (χ3n) is 7.30. The van der Waals surface area contributed by atoms with E-state index in [1.54, 1.807) is 0 Å². The number of halogens is 1. The molecule has 0 saturated heterocycles. The summed E-state index contributed by atoms with van der Waals surface area (Å²) >= 11 is 5.93. The van der Waals surface area contributed by atoms with Crippen LogP contribution in [0.3, 0.4) is 0 Å². The Labute approximate surface area is 255 Å². The average Bonchev–Trinajstić information content (AvgIpc) is 2.95. The van der Waals surface area contributed by atoms with Crippen LogP contribution in [0.5, 0.6) is 0 Å². The van der Waals surface area contributed by atoms with Crippen LogP contribution >= 0.6 is 11.6 Å². The molecule has 41 heavy (non-hydrogen) atoms. The molecule has 9 heteroatoms. The summed E-state index contributed by atoms with van der Waals surface area (Å²) in [5.74, 6) is -0.324. The van der Waals surface area contributed by atoms with Crippen LogP contribution < -0.4 is 0 Å². The van der Waals surface area contributed by atoms with Crippen molar-refractivity contribution in [2.75, 3.05) is 26.8 Å². The number of unbranched alkanes of at least 4 members (excludes halogenated alkanes) is 14. The van der Waals surface area contributed by atoms with Crippen LogP contribution in [-0.4, -0.2) is 56.4 Å². The predicted molar refractivity (Wildman–Crippen MR) is 169 cm³/mol. The number of methoxy groups -OCH3 is 1. The summed E-state index contributed by atoms with van der Waals surface area (Å²) in [7, 11) is -2.65. The molecule has 0 aliphatic carbocycles. The normalized spacial score (nSPS) is 11.5. The van der Waals surface area contributed by atoms with Crippen molar-refractivity contribution in [1.82, 2.24) is 9.21 Å². The molecule has 3 amide bonds. The monoisotopic (exact) mass is 614 g/mol. The molecule has 1 aromatic carbocycles. The fourth-order valence-electron chi connectivity index (χ4n) is 4.87. The van der Waals surface area contributed by atoms with E-state index in [2.05, 4.69) is 6.92 Å². The standard InChI is InChI=1S/C32H55ClN2O5S/c1-4-6-7-8-9-10-11-12-13-14-15-16-17-18-19-21-31(36)34(26-5-2)32(37)35(27-20-28-40-3)41(38,39)30-24-22-29(33)23-25-30/h22-25H,4-21,26-28H2,1-3H3. The van der Waals surface area contributed by atoms with Gasteiger partial charge in [0, 0.05) is 38.2 Å². The number of benzene rings is 1. The van der Waals surface area contributed by atoms with Crippen LogP contribution in [0.25, 0.3) is 0 Å². The van der Waals surface area contributed by atoms with Gasteiger partial charge in [-0.25, -0.2) is 17.5 Å². The Balaban J connectivity index is 2.50. The van der Waals surface area contributed by atoms with Crippen molar-refractivity contribution in [3.63, 3.8) is 0 Å². The van der Waals surface area contributed by atoms with Gasteiger partial charge in [-0.1, -0.05) is 115 Å². The second-order valence-corrected chi connectivity index (χ2v) is 13.2. The lowest BCUT2D eigenvalue weighted by molar-refractivity contribution is -0.128. The minimum atomic E-state index is -4.17. The smallest absolute Gasteiger partial charge is 0.340 e. The summed E-state index contributed by atoms with van der Waals surface area (Å²) in [5, 5.41) is 0.396. The van der Waals surface area contributed by atoms with E-state index < -0.39 is 16.1 Å². The highest BCUT2D eigenvalue weighted by Gasteiger charge is 2.34. The van der Waals surface area contributed by atoms with Gasteiger partial charge in [-0.3, -0.25) is 9.69 Å². The van der Waals surface area contributed by atoms with Gasteiger partial charge in [-0.05, 0) is 43.5 Å². The highest BCUT2D eigenvalue weighted by atomic mass is 35.5. The molecule has 0 bridgehead atoms. The number of amides is 3. The molecule has 236 valence electrons. The van der Waals surface area contributed by atoms with Crippen LogP contribution in [0.2, 0.25) is 5.02 Å². The SMILES string of the molecule is CCCCCCCCCCCCCCCCCC(=O)N(CCC)C(=O)N(CCCOC)S(=O)(=O)c1ccc(Cl)cc1. The van der Waals surface area contributed by atoms with Gasteiger partial charge in [0.15, 0.2) is 0 Å². The van der Waals surface area contributed by atoms with Crippen LogP contribution in [0, 0.1) is 0 Å². The number of imide groups is 1. The van der Waals surface area contributed by atoms with Gasteiger partial charge in [0.05, 0.1) is 4.90 Å². The number of urea groups is 1. The van der Waals surface area contributed by atoms with E-state index >= 15 is 0 Å². The van der Waals surface area contributed by atoms with Gasteiger partial charge in [0.1, 0.15) is 0 Å². The molecule has 0 atom stereocenters. The molecule has 1 aromatic rings. The van der Waals surface area contributed by atoms with E-state index in [-0.39, 0.29) is 30.3 Å². The van der Waals surface area contributed by atoms with E-state index in [0.717, 1.165) is 28.5 Å². The summed E-state index contributed by atoms with van der Waals surface area (Å²) in [6.45, 7) is 4.51. The summed E-state index contributed by atoms with van der Waals surface area (Å²) in [5.41, 5.74) is 0. The molecule has 1 rings (SSSR count). The molecule has 0 aliphatic rings. The summed E-state index contributed by atoms with van der Waals surface area (Å²) < 4.78 is 32.7. The molecule has 0 aliphatic heterocycles. The highest BCUT2D eigenvalue weighted by Crippen LogP contribution is 2.21. The number of hydrogen-bond acceptors (Lipinski definition) is 5. The fourth-order valence-corrected chi connectivity index (χ4v) is 6.41. The Morgan fingerprint density at radius 2 is 1.20 bits per heavy atom. The zero-order chi connectivity index (χ0) is 30.3. The first kappa shape index (κ1) is 37.4. The van der Waals surface area contributed by atoms with Crippen molar-refractivity contribution in [2.24, 2.45) is 0 Å². The molecule has 0 spiro atoms. The van der Waals surface area contributed by atoms with Gasteiger partial charge in [-0.2, -0.15) is 0 Å². The Bertz CT molecular complexity index is 940. The van der Waals surface area contributed by atoms with Gasteiger partial charge in [0.25, 0.3) is 10.0 Å².